The average molecular weight is 126 g/mol. The largest absolute Gasteiger partial charge is 0.346 e. The van der Waals surface area contributed by atoms with E-state index in [0.717, 1.165) is 6.42 Å². The number of hydrogen-bond acceptors (Lipinski definition) is 2. The maximum absolute atomic E-state index is 5.37. The standard InChI is InChI=1S/C7H10O2/c1-5-8-6-2-3-7(4-6)9-5/h2-3,5-7H,4H2,1H3. The Bertz CT molecular complexity index is 128. The van der Waals surface area contributed by atoms with E-state index in [-0.39, 0.29) is 6.29 Å². The van der Waals surface area contributed by atoms with E-state index in [1.807, 2.05) is 6.92 Å². The van der Waals surface area contributed by atoms with Gasteiger partial charge in [0.2, 0.25) is 0 Å². The molecule has 2 rings (SSSR count). The Balaban J connectivity index is 2.10. The lowest BCUT2D eigenvalue weighted by Crippen LogP contribution is -2.30. The molecule has 1 heterocycles. The molecule has 2 nitrogen and oxygen atoms in total. The van der Waals surface area contributed by atoms with Crippen LogP contribution in [0.15, 0.2) is 12.2 Å². The first-order valence-electron chi connectivity index (χ1n) is 3.34. The Morgan fingerprint density at radius 1 is 1.22 bits per heavy atom. The predicted octanol–water partition coefficient (Wildman–Crippen LogP) is 1.08. The van der Waals surface area contributed by atoms with Gasteiger partial charge in [-0.1, -0.05) is 12.2 Å². The van der Waals surface area contributed by atoms with Gasteiger partial charge in [0.05, 0.1) is 12.2 Å². The number of hydrogen-bond donors (Lipinski definition) is 0. The summed E-state index contributed by atoms with van der Waals surface area (Å²) in [5.74, 6) is 0. The molecule has 0 aromatic rings. The van der Waals surface area contributed by atoms with Crippen LogP contribution in [0, 0.1) is 0 Å². The van der Waals surface area contributed by atoms with Crippen LogP contribution in [0.1, 0.15) is 13.3 Å². The van der Waals surface area contributed by atoms with Crippen LogP contribution in [-0.4, -0.2) is 18.5 Å². The smallest absolute Gasteiger partial charge is 0.156 e. The summed E-state index contributed by atoms with van der Waals surface area (Å²) < 4.78 is 10.7. The summed E-state index contributed by atoms with van der Waals surface area (Å²) in [4.78, 5) is 0. The van der Waals surface area contributed by atoms with E-state index in [0.29, 0.717) is 12.2 Å². The van der Waals surface area contributed by atoms with E-state index in [4.69, 9.17) is 9.47 Å². The van der Waals surface area contributed by atoms with Gasteiger partial charge in [0, 0.05) is 6.42 Å². The molecule has 0 radical (unpaired) electrons. The fourth-order valence-corrected chi connectivity index (χ4v) is 1.36. The zero-order chi connectivity index (χ0) is 6.27. The van der Waals surface area contributed by atoms with Gasteiger partial charge in [-0.05, 0) is 6.92 Å². The van der Waals surface area contributed by atoms with Gasteiger partial charge in [-0.25, -0.2) is 0 Å². The Labute approximate surface area is 54.5 Å². The van der Waals surface area contributed by atoms with Gasteiger partial charge < -0.3 is 9.47 Å². The zero-order valence-corrected chi connectivity index (χ0v) is 5.41. The predicted molar refractivity (Wildman–Crippen MR) is 33.0 cm³/mol. The molecule has 50 valence electrons. The highest BCUT2D eigenvalue weighted by Gasteiger charge is 2.28. The molecule has 0 aromatic heterocycles. The maximum Gasteiger partial charge on any atom is 0.156 e. The van der Waals surface area contributed by atoms with E-state index in [1.165, 1.54) is 0 Å². The average Bonchev–Trinajstić information content (AvgIpc) is 2.11. The molecule has 0 N–H and O–H groups in total. The summed E-state index contributed by atoms with van der Waals surface area (Å²) >= 11 is 0. The minimum absolute atomic E-state index is 0.0104. The van der Waals surface area contributed by atoms with Crippen molar-refractivity contribution in [3.63, 3.8) is 0 Å². The molecule has 9 heavy (non-hydrogen) atoms. The van der Waals surface area contributed by atoms with Gasteiger partial charge in [-0.15, -0.1) is 0 Å². The van der Waals surface area contributed by atoms with E-state index < -0.39 is 0 Å². The molecule has 0 saturated carbocycles. The topological polar surface area (TPSA) is 18.5 Å². The Kier molecular flexibility index (Phi) is 1.10. The van der Waals surface area contributed by atoms with Crippen molar-refractivity contribution in [2.75, 3.05) is 0 Å². The summed E-state index contributed by atoms with van der Waals surface area (Å²) in [6.45, 7) is 1.94. The summed E-state index contributed by atoms with van der Waals surface area (Å²) in [5.41, 5.74) is 0. The summed E-state index contributed by atoms with van der Waals surface area (Å²) in [7, 11) is 0. The zero-order valence-electron chi connectivity index (χ0n) is 5.41. The van der Waals surface area contributed by atoms with Gasteiger partial charge in [-0.3, -0.25) is 0 Å². The fourth-order valence-electron chi connectivity index (χ4n) is 1.36. The second-order valence-electron chi connectivity index (χ2n) is 2.54. The normalized spacial score (nSPS) is 47.9. The molecule has 1 aliphatic carbocycles. The van der Waals surface area contributed by atoms with Crippen molar-refractivity contribution in [2.24, 2.45) is 0 Å². The second-order valence-corrected chi connectivity index (χ2v) is 2.54. The van der Waals surface area contributed by atoms with E-state index >= 15 is 0 Å². The molecule has 2 atom stereocenters. The molecule has 2 unspecified atom stereocenters. The third-order valence-corrected chi connectivity index (χ3v) is 1.74. The first-order valence-corrected chi connectivity index (χ1v) is 3.34. The van der Waals surface area contributed by atoms with Gasteiger partial charge in [0.25, 0.3) is 0 Å². The highest BCUT2D eigenvalue weighted by atomic mass is 16.7. The van der Waals surface area contributed by atoms with Crippen LogP contribution in [0.4, 0.5) is 0 Å². The lowest BCUT2D eigenvalue weighted by molar-refractivity contribution is -0.202. The summed E-state index contributed by atoms with van der Waals surface area (Å²) in [6.07, 6.45) is 5.83. The third-order valence-electron chi connectivity index (χ3n) is 1.74. The van der Waals surface area contributed by atoms with Crippen LogP contribution < -0.4 is 0 Å². The van der Waals surface area contributed by atoms with Gasteiger partial charge in [0.1, 0.15) is 0 Å². The van der Waals surface area contributed by atoms with E-state index in [1.54, 1.807) is 0 Å². The van der Waals surface area contributed by atoms with Crippen molar-refractivity contribution in [2.45, 2.75) is 31.8 Å². The van der Waals surface area contributed by atoms with Crippen molar-refractivity contribution >= 4 is 0 Å². The molecule has 0 aromatic carbocycles. The number of fused-ring (bicyclic) bond motifs is 2. The second kappa shape index (κ2) is 1.82. The van der Waals surface area contributed by atoms with Gasteiger partial charge >= 0.3 is 0 Å². The number of ether oxygens (including phenoxy) is 2. The van der Waals surface area contributed by atoms with Crippen LogP contribution in [0.2, 0.25) is 0 Å². The van der Waals surface area contributed by atoms with Crippen molar-refractivity contribution in [1.29, 1.82) is 0 Å². The lowest BCUT2D eigenvalue weighted by atomic mass is 10.2. The Morgan fingerprint density at radius 3 is 2.33 bits per heavy atom. The number of rotatable bonds is 0. The summed E-state index contributed by atoms with van der Waals surface area (Å²) in [6, 6.07) is 0. The Morgan fingerprint density at radius 2 is 1.78 bits per heavy atom. The van der Waals surface area contributed by atoms with Crippen molar-refractivity contribution in [1.82, 2.24) is 0 Å². The highest BCUT2D eigenvalue weighted by Crippen LogP contribution is 2.25. The molecule has 2 heteroatoms. The molecule has 2 aliphatic rings. The Hall–Kier alpha value is -0.340. The van der Waals surface area contributed by atoms with Crippen LogP contribution in [0.25, 0.3) is 0 Å². The highest BCUT2D eigenvalue weighted by molar-refractivity contribution is 5.06. The molecular formula is C7H10O2. The first kappa shape index (κ1) is 5.45. The van der Waals surface area contributed by atoms with Crippen molar-refractivity contribution < 1.29 is 9.47 Å². The first-order chi connectivity index (χ1) is 4.34. The SMILES string of the molecule is CC1OC2C=CC(C2)O1. The monoisotopic (exact) mass is 126 g/mol. The van der Waals surface area contributed by atoms with Crippen LogP contribution in [0.3, 0.4) is 0 Å². The minimum atomic E-state index is -0.0104. The molecule has 0 amide bonds. The minimum Gasteiger partial charge on any atom is -0.346 e. The summed E-state index contributed by atoms with van der Waals surface area (Å²) in [5, 5.41) is 0. The lowest BCUT2D eigenvalue weighted by Gasteiger charge is -2.26. The molecule has 0 spiro atoms. The van der Waals surface area contributed by atoms with Gasteiger partial charge in [0.15, 0.2) is 6.29 Å². The maximum atomic E-state index is 5.37. The van der Waals surface area contributed by atoms with E-state index in [2.05, 4.69) is 12.2 Å². The molecule has 1 saturated heterocycles. The van der Waals surface area contributed by atoms with Crippen molar-refractivity contribution in [3.05, 3.63) is 12.2 Å². The third kappa shape index (κ3) is 0.884. The van der Waals surface area contributed by atoms with Crippen LogP contribution in [0.5, 0.6) is 0 Å². The van der Waals surface area contributed by atoms with Gasteiger partial charge in [-0.2, -0.15) is 0 Å². The van der Waals surface area contributed by atoms with Crippen LogP contribution >= 0.6 is 0 Å². The quantitative estimate of drug-likeness (QED) is 0.452. The van der Waals surface area contributed by atoms with E-state index in [9.17, 15) is 0 Å². The van der Waals surface area contributed by atoms with Crippen molar-refractivity contribution in [3.8, 4) is 0 Å². The fraction of sp³-hybridized carbons (Fsp3) is 0.714. The molecule has 2 bridgehead atoms. The molecule has 1 fully saturated rings. The molecular weight excluding hydrogens is 116 g/mol. The molecule has 1 aliphatic heterocycles. The van der Waals surface area contributed by atoms with Crippen LogP contribution in [-0.2, 0) is 9.47 Å².